The van der Waals surface area contributed by atoms with Gasteiger partial charge in [0.2, 0.25) is 0 Å². The molecule has 0 aromatic heterocycles. The highest BCUT2D eigenvalue weighted by Crippen LogP contribution is 2.21. The predicted octanol–water partition coefficient (Wildman–Crippen LogP) is 1.28. The topological polar surface area (TPSA) is 122 Å². The number of carboxylic acid groups (broad SMARTS) is 1. The number of carbonyl (C=O) groups is 1. The number of nitrogens with two attached hydrogens (primary N) is 1. The molecule has 24 heavy (non-hydrogen) atoms. The van der Waals surface area contributed by atoms with Crippen LogP contribution >= 0.6 is 0 Å². The van der Waals surface area contributed by atoms with Gasteiger partial charge in [-0.25, -0.2) is 0 Å². The molecule has 0 spiro atoms. The van der Waals surface area contributed by atoms with Gasteiger partial charge in [0.25, 0.3) is 0 Å². The van der Waals surface area contributed by atoms with Gasteiger partial charge in [-0.05, 0) is 49.8 Å². The van der Waals surface area contributed by atoms with Crippen LogP contribution in [0.15, 0.2) is 24.3 Å². The van der Waals surface area contributed by atoms with E-state index >= 15 is 0 Å². The zero-order chi connectivity index (χ0) is 18.0. The fourth-order valence-corrected chi connectivity index (χ4v) is 2.36. The van der Waals surface area contributed by atoms with Crippen molar-refractivity contribution in [2.24, 2.45) is 5.73 Å². The second-order valence-electron chi connectivity index (χ2n) is 5.82. The van der Waals surface area contributed by atoms with Crippen molar-refractivity contribution in [3.63, 3.8) is 0 Å². The zero-order valence-corrected chi connectivity index (χ0v) is 14.0. The first-order valence-corrected chi connectivity index (χ1v) is 8.02. The maximum Gasteiger partial charge on any atom is 0.451 e. The largest absolute Gasteiger partial charge is 0.497 e. The van der Waals surface area contributed by atoms with E-state index in [4.69, 9.17) is 25.3 Å². The SMILES string of the molecule is COc1ccc(OCCCC(N)(CCCCB(O)O)C(=O)O)cc1. The maximum atomic E-state index is 11.4. The Morgan fingerprint density at radius 1 is 1.12 bits per heavy atom. The molecule has 7 nitrogen and oxygen atoms in total. The first-order chi connectivity index (χ1) is 11.4. The maximum absolute atomic E-state index is 11.4. The zero-order valence-electron chi connectivity index (χ0n) is 14.0. The van der Waals surface area contributed by atoms with Gasteiger partial charge in [-0.15, -0.1) is 0 Å². The van der Waals surface area contributed by atoms with Crippen molar-refractivity contribution < 1.29 is 29.4 Å². The Bertz CT molecular complexity index is 496. The Hall–Kier alpha value is -1.77. The standard InChI is InChI=1S/C16H26BNO6/c1-23-13-5-7-14(8-6-13)24-12-4-10-16(18,15(19)20)9-2-3-11-17(21)22/h5-8,21-22H,2-4,9-12,18H2,1H3,(H,19,20). The molecule has 1 aromatic rings. The number of carboxylic acids is 1. The van der Waals surface area contributed by atoms with Crippen LogP contribution in [0, 0.1) is 0 Å². The monoisotopic (exact) mass is 339 g/mol. The van der Waals surface area contributed by atoms with Crippen LogP contribution in [0.4, 0.5) is 0 Å². The summed E-state index contributed by atoms with van der Waals surface area (Å²) in [5.41, 5.74) is 4.66. The van der Waals surface area contributed by atoms with E-state index in [2.05, 4.69) is 0 Å². The number of aliphatic carboxylic acids is 1. The summed E-state index contributed by atoms with van der Waals surface area (Å²) in [4.78, 5) is 11.4. The molecule has 1 unspecified atom stereocenters. The minimum absolute atomic E-state index is 0.219. The highest BCUT2D eigenvalue weighted by atomic mass is 16.5. The summed E-state index contributed by atoms with van der Waals surface area (Å²) in [6, 6.07) is 7.14. The summed E-state index contributed by atoms with van der Waals surface area (Å²) in [7, 11) is 0.226. The van der Waals surface area contributed by atoms with Gasteiger partial charge in [0.05, 0.1) is 13.7 Å². The minimum Gasteiger partial charge on any atom is -0.497 e. The van der Waals surface area contributed by atoms with Gasteiger partial charge < -0.3 is 30.4 Å². The number of benzene rings is 1. The Balaban J connectivity index is 2.35. The molecule has 0 saturated carbocycles. The lowest BCUT2D eigenvalue weighted by Gasteiger charge is -2.24. The van der Waals surface area contributed by atoms with Crippen molar-refractivity contribution in [1.29, 1.82) is 0 Å². The third-order valence-electron chi connectivity index (χ3n) is 3.86. The lowest BCUT2D eigenvalue weighted by molar-refractivity contribution is -0.144. The number of methoxy groups -OCH3 is 1. The summed E-state index contributed by atoms with van der Waals surface area (Å²) in [6.07, 6.45) is 2.36. The molecule has 0 saturated heterocycles. The van der Waals surface area contributed by atoms with E-state index in [9.17, 15) is 9.90 Å². The average molecular weight is 339 g/mol. The van der Waals surface area contributed by atoms with Crippen LogP contribution in [0.25, 0.3) is 0 Å². The average Bonchev–Trinajstić information content (AvgIpc) is 2.56. The minimum atomic E-state index is -1.36. The highest BCUT2D eigenvalue weighted by molar-refractivity contribution is 6.40. The molecule has 0 bridgehead atoms. The molecule has 0 aliphatic heterocycles. The molecular formula is C16H26BNO6. The van der Waals surface area contributed by atoms with Crippen LogP contribution in [0.3, 0.4) is 0 Å². The Morgan fingerprint density at radius 2 is 1.71 bits per heavy atom. The highest BCUT2D eigenvalue weighted by Gasteiger charge is 2.32. The molecule has 0 aliphatic rings. The van der Waals surface area contributed by atoms with E-state index in [1.54, 1.807) is 31.4 Å². The molecule has 8 heteroatoms. The second kappa shape index (κ2) is 10.2. The van der Waals surface area contributed by atoms with Crippen LogP contribution in [0.5, 0.6) is 11.5 Å². The normalized spacial score (nSPS) is 13.2. The number of rotatable bonds is 12. The van der Waals surface area contributed by atoms with E-state index < -0.39 is 18.6 Å². The van der Waals surface area contributed by atoms with Crippen molar-refractivity contribution in [1.82, 2.24) is 0 Å². The molecule has 0 fully saturated rings. The van der Waals surface area contributed by atoms with Gasteiger partial charge in [-0.1, -0.05) is 12.8 Å². The second-order valence-corrected chi connectivity index (χ2v) is 5.82. The molecular weight excluding hydrogens is 313 g/mol. The fraction of sp³-hybridized carbons (Fsp3) is 0.562. The lowest BCUT2D eigenvalue weighted by Crippen LogP contribution is -2.48. The summed E-state index contributed by atoms with van der Waals surface area (Å²) >= 11 is 0. The lowest BCUT2D eigenvalue weighted by atomic mass is 9.81. The third-order valence-corrected chi connectivity index (χ3v) is 3.86. The Morgan fingerprint density at radius 3 is 2.25 bits per heavy atom. The van der Waals surface area contributed by atoms with Crippen molar-refractivity contribution in [2.45, 2.75) is 44.0 Å². The fourth-order valence-electron chi connectivity index (χ4n) is 2.36. The number of hydrogen-bond acceptors (Lipinski definition) is 6. The molecule has 0 amide bonds. The first-order valence-electron chi connectivity index (χ1n) is 8.02. The van der Waals surface area contributed by atoms with Crippen molar-refractivity contribution in [2.75, 3.05) is 13.7 Å². The van der Waals surface area contributed by atoms with E-state index in [1.165, 1.54) is 0 Å². The van der Waals surface area contributed by atoms with Crippen molar-refractivity contribution >= 4 is 13.1 Å². The van der Waals surface area contributed by atoms with Gasteiger partial charge in [-0.3, -0.25) is 4.79 Å². The molecule has 5 N–H and O–H groups in total. The molecule has 1 rings (SSSR count). The van der Waals surface area contributed by atoms with Gasteiger partial charge in [0.15, 0.2) is 0 Å². The molecule has 134 valence electrons. The van der Waals surface area contributed by atoms with Crippen molar-refractivity contribution in [3.05, 3.63) is 24.3 Å². The number of ether oxygens (including phenoxy) is 2. The van der Waals surface area contributed by atoms with Crippen LogP contribution in [0.2, 0.25) is 6.32 Å². The van der Waals surface area contributed by atoms with Crippen LogP contribution in [-0.2, 0) is 4.79 Å². The molecule has 0 radical (unpaired) electrons. The molecule has 1 aromatic carbocycles. The van der Waals surface area contributed by atoms with Crippen LogP contribution in [-0.4, -0.2) is 47.5 Å². The van der Waals surface area contributed by atoms with E-state index in [1.807, 2.05) is 0 Å². The molecule has 1 atom stereocenters. The van der Waals surface area contributed by atoms with Gasteiger partial charge in [0.1, 0.15) is 17.0 Å². The Labute approximate surface area is 142 Å². The Kier molecular flexibility index (Phi) is 8.60. The smallest absolute Gasteiger partial charge is 0.451 e. The van der Waals surface area contributed by atoms with Gasteiger partial charge in [0, 0.05) is 0 Å². The van der Waals surface area contributed by atoms with E-state index in [-0.39, 0.29) is 12.7 Å². The summed E-state index contributed by atoms with van der Waals surface area (Å²) in [5.74, 6) is 0.379. The molecule has 0 heterocycles. The van der Waals surface area contributed by atoms with E-state index in [0.29, 0.717) is 38.0 Å². The van der Waals surface area contributed by atoms with Crippen molar-refractivity contribution in [3.8, 4) is 11.5 Å². The summed E-state index contributed by atoms with van der Waals surface area (Å²) in [5, 5.41) is 26.9. The summed E-state index contributed by atoms with van der Waals surface area (Å²) in [6.45, 7) is 0.369. The van der Waals surface area contributed by atoms with Crippen LogP contribution < -0.4 is 15.2 Å². The third kappa shape index (κ3) is 7.20. The quantitative estimate of drug-likeness (QED) is 0.334. The molecule has 0 aliphatic carbocycles. The van der Waals surface area contributed by atoms with Gasteiger partial charge in [-0.2, -0.15) is 0 Å². The number of hydrogen-bond donors (Lipinski definition) is 4. The summed E-state index contributed by atoms with van der Waals surface area (Å²) < 4.78 is 10.6. The predicted molar refractivity (Wildman–Crippen MR) is 91.1 cm³/mol. The van der Waals surface area contributed by atoms with Gasteiger partial charge >= 0.3 is 13.1 Å². The van der Waals surface area contributed by atoms with E-state index in [0.717, 1.165) is 5.75 Å². The van der Waals surface area contributed by atoms with Crippen LogP contribution in [0.1, 0.15) is 32.1 Å². The first kappa shape index (κ1) is 20.3. The number of unbranched alkanes of at least 4 members (excludes halogenated alkanes) is 1.